The van der Waals surface area contributed by atoms with Gasteiger partial charge in [-0.2, -0.15) is 16.7 Å². The van der Waals surface area contributed by atoms with Gasteiger partial charge >= 0.3 is 12.1 Å². The summed E-state index contributed by atoms with van der Waals surface area (Å²) in [6.45, 7) is 7.06. The molecule has 2 N–H and O–H groups in total. The van der Waals surface area contributed by atoms with Crippen LogP contribution in [-0.2, 0) is 37.1 Å². The quantitative estimate of drug-likeness (QED) is 0.247. The number of sulfone groups is 1. The molecule has 0 saturated carbocycles. The Morgan fingerprint density at radius 3 is 2.48 bits per heavy atom. The molecule has 2 atom stereocenters. The van der Waals surface area contributed by atoms with Crippen LogP contribution < -0.4 is 15.5 Å². The van der Waals surface area contributed by atoms with E-state index < -0.39 is 46.0 Å². The Bertz CT molecular complexity index is 1660. The molecule has 14 heteroatoms. The predicted molar refractivity (Wildman–Crippen MR) is 177 cm³/mol. The van der Waals surface area contributed by atoms with Crippen LogP contribution in [0.15, 0.2) is 53.4 Å². The first-order valence-electron chi connectivity index (χ1n) is 14.8. The largest absolute Gasteiger partial charge is 0.458 e. The number of alkyl carbamates (subject to hydrolysis) is 1. The van der Waals surface area contributed by atoms with E-state index in [-0.39, 0.29) is 34.8 Å². The number of hydrogen-bond donors (Lipinski definition) is 2. The molecule has 1 amide bonds. The van der Waals surface area contributed by atoms with Gasteiger partial charge in [-0.05, 0) is 87.9 Å². The second kappa shape index (κ2) is 14.7. The number of hydrogen-bond acceptors (Lipinski definition) is 11. The summed E-state index contributed by atoms with van der Waals surface area (Å²) in [7, 11) is -3.96. The van der Waals surface area contributed by atoms with Crippen LogP contribution >= 0.6 is 11.8 Å². The van der Waals surface area contributed by atoms with Crippen molar-refractivity contribution >= 4 is 51.1 Å². The second-order valence-electron chi connectivity index (χ2n) is 12.0. The number of thioether (sulfide) groups is 1. The molecule has 3 aromatic rings. The molecule has 0 radical (unpaired) electrons. The van der Waals surface area contributed by atoms with Gasteiger partial charge in [-0.25, -0.2) is 27.4 Å². The molecule has 0 fully saturated rings. The monoisotopic (exact) mass is 673 g/mol. The van der Waals surface area contributed by atoms with E-state index in [1.54, 1.807) is 20.8 Å². The molecular weight excluding hydrogens is 634 g/mol. The first-order chi connectivity index (χ1) is 21.7. The minimum absolute atomic E-state index is 0.0388. The molecular formula is C32H40FN5O6S2. The Morgan fingerprint density at radius 2 is 1.83 bits per heavy atom. The number of benzene rings is 2. The third-order valence-electron chi connectivity index (χ3n) is 7.19. The van der Waals surface area contributed by atoms with E-state index in [4.69, 9.17) is 9.47 Å². The van der Waals surface area contributed by atoms with E-state index in [1.807, 2.05) is 42.3 Å². The van der Waals surface area contributed by atoms with Crippen LogP contribution in [0.3, 0.4) is 0 Å². The van der Waals surface area contributed by atoms with Crippen molar-refractivity contribution in [1.82, 2.24) is 15.3 Å². The molecule has 0 saturated heterocycles. The van der Waals surface area contributed by atoms with Crippen LogP contribution in [-0.4, -0.2) is 66.9 Å². The SMILES string of the molecule is CSCCC(NC(=O)OC(C)(C)C)C(=O)OCc1nc(Nc2ccc(F)cc2)nc(N2CCc3ccccc3C2C)c1S(C)(=O)=O. The zero-order chi connectivity index (χ0) is 33.6. The average molecular weight is 674 g/mol. The highest BCUT2D eigenvalue weighted by Gasteiger charge is 2.33. The highest BCUT2D eigenvalue weighted by Crippen LogP contribution is 2.37. The van der Waals surface area contributed by atoms with Crippen molar-refractivity contribution in [1.29, 1.82) is 0 Å². The summed E-state index contributed by atoms with van der Waals surface area (Å²) >= 11 is 1.49. The first-order valence-corrected chi connectivity index (χ1v) is 18.1. The summed E-state index contributed by atoms with van der Waals surface area (Å²) < 4.78 is 51.3. The molecule has 2 aromatic carbocycles. The van der Waals surface area contributed by atoms with Crippen LogP contribution in [0.5, 0.6) is 0 Å². The Balaban J connectivity index is 1.73. The van der Waals surface area contributed by atoms with Gasteiger partial charge in [0.1, 0.15) is 34.7 Å². The number of nitrogens with zero attached hydrogens (tertiary/aromatic N) is 3. The standard InChI is InChI=1S/C32H40FN5O6S2/c1-20-24-10-8-7-9-21(24)15-17-38(20)28-27(46(6,41)42)26(35-30(37-28)34-23-13-11-22(33)12-14-23)19-43-29(39)25(16-18-45-5)36-31(40)44-32(2,3)4/h7-14,20,25H,15-19H2,1-6H3,(H,36,40)(H,34,35,37). The highest BCUT2D eigenvalue weighted by molar-refractivity contribution is 7.98. The molecule has 0 aliphatic carbocycles. The van der Waals surface area contributed by atoms with Crippen LogP contribution in [0, 0.1) is 5.82 Å². The third-order valence-corrected chi connectivity index (χ3v) is 9.00. The topological polar surface area (TPSA) is 140 Å². The van der Waals surface area contributed by atoms with Gasteiger partial charge in [-0.15, -0.1) is 0 Å². The second-order valence-corrected chi connectivity index (χ2v) is 14.9. The van der Waals surface area contributed by atoms with Gasteiger partial charge in [0.25, 0.3) is 0 Å². The molecule has 248 valence electrons. The normalized spacial score (nSPS) is 15.5. The number of amides is 1. The number of esters is 1. The van der Waals surface area contributed by atoms with Crippen molar-refractivity contribution in [3.05, 3.63) is 71.2 Å². The lowest BCUT2D eigenvalue weighted by atomic mass is 9.93. The van der Waals surface area contributed by atoms with Gasteiger partial charge in [0.05, 0.1) is 6.04 Å². The van der Waals surface area contributed by atoms with Crippen molar-refractivity contribution < 1.29 is 31.9 Å². The fourth-order valence-corrected chi connectivity index (χ4v) is 6.61. The number of aromatic nitrogens is 2. The number of halogens is 1. The van der Waals surface area contributed by atoms with E-state index in [1.165, 1.54) is 36.0 Å². The molecule has 2 heterocycles. The minimum Gasteiger partial charge on any atom is -0.458 e. The van der Waals surface area contributed by atoms with Crippen LogP contribution in [0.1, 0.15) is 57.0 Å². The number of fused-ring (bicyclic) bond motifs is 1. The number of nitrogens with one attached hydrogen (secondary N) is 2. The smallest absolute Gasteiger partial charge is 0.408 e. The fraction of sp³-hybridized carbons (Fsp3) is 0.438. The molecule has 1 aromatic heterocycles. The molecule has 1 aliphatic rings. The van der Waals surface area contributed by atoms with Gasteiger partial charge < -0.3 is 25.0 Å². The molecule has 1 aliphatic heterocycles. The first kappa shape index (κ1) is 35.0. The number of rotatable bonds is 11. The Morgan fingerprint density at radius 1 is 1.13 bits per heavy atom. The number of ether oxygens (including phenoxy) is 2. The lowest BCUT2D eigenvalue weighted by Crippen LogP contribution is -2.44. The van der Waals surface area contributed by atoms with Gasteiger partial charge in [-0.3, -0.25) is 0 Å². The van der Waals surface area contributed by atoms with E-state index in [2.05, 4.69) is 20.6 Å². The van der Waals surface area contributed by atoms with Gasteiger partial charge in [0.2, 0.25) is 5.95 Å². The maximum atomic E-state index is 13.6. The lowest BCUT2D eigenvalue weighted by Gasteiger charge is -2.37. The average Bonchev–Trinajstić information content (AvgIpc) is 2.97. The van der Waals surface area contributed by atoms with E-state index in [0.717, 1.165) is 17.4 Å². The van der Waals surface area contributed by atoms with Crippen molar-refractivity contribution in [3.8, 4) is 0 Å². The molecule has 11 nitrogen and oxygen atoms in total. The summed E-state index contributed by atoms with van der Waals surface area (Å²) in [5, 5.41) is 5.59. The van der Waals surface area contributed by atoms with Crippen molar-refractivity contribution in [2.75, 3.05) is 35.0 Å². The molecule has 46 heavy (non-hydrogen) atoms. The van der Waals surface area contributed by atoms with Crippen molar-refractivity contribution in [2.24, 2.45) is 0 Å². The molecule has 0 spiro atoms. The Labute approximate surface area is 273 Å². The maximum Gasteiger partial charge on any atom is 0.408 e. The molecule has 0 bridgehead atoms. The van der Waals surface area contributed by atoms with Gasteiger partial charge in [0, 0.05) is 18.5 Å². The summed E-state index contributed by atoms with van der Waals surface area (Å²) in [6.07, 6.45) is 3.07. The Hall–Kier alpha value is -3.91. The van der Waals surface area contributed by atoms with Crippen LogP contribution in [0.2, 0.25) is 0 Å². The third kappa shape index (κ3) is 9.09. The zero-order valence-corrected chi connectivity index (χ0v) is 28.4. The van der Waals surface area contributed by atoms with E-state index in [0.29, 0.717) is 24.4 Å². The van der Waals surface area contributed by atoms with Crippen LogP contribution in [0.25, 0.3) is 0 Å². The summed E-state index contributed by atoms with van der Waals surface area (Å²) in [5.74, 6) is -0.461. The van der Waals surface area contributed by atoms with Crippen molar-refractivity contribution in [2.45, 2.75) is 69.7 Å². The summed E-state index contributed by atoms with van der Waals surface area (Å²) in [4.78, 5) is 36.7. The number of carbonyl (C=O) groups excluding carboxylic acids is 2. The molecule has 4 rings (SSSR count). The fourth-order valence-electron chi connectivity index (χ4n) is 5.11. The predicted octanol–water partition coefficient (Wildman–Crippen LogP) is 5.58. The maximum absolute atomic E-state index is 13.6. The van der Waals surface area contributed by atoms with E-state index >= 15 is 0 Å². The summed E-state index contributed by atoms with van der Waals surface area (Å²) in [5.41, 5.74) is 1.85. The Kier molecular flexibility index (Phi) is 11.1. The summed E-state index contributed by atoms with van der Waals surface area (Å²) in [6, 6.07) is 12.2. The minimum atomic E-state index is -3.96. The van der Waals surface area contributed by atoms with E-state index in [9.17, 15) is 22.4 Å². The lowest BCUT2D eigenvalue weighted by molar-refractivity contribution is -0.147. The van der Waals surface area contributed by atoms with Gasteiger partial charge in [0.15, 0.2) is 15.7 Å². The molecule has 2 unspecified atom stereocenters. The number of carbonyl (C=O) groups is 2. The highest BCUT2D eigenvalue weighted by atomic mass is 32.2. The van der Waals surface area contributed by atoms with Crippen LogP contribution in [0.4, 0.5) is 26.6 Å². The zero-order valence-electron chi connectivity index (χ0n) is 26.8. The van der Waals surface area contributed by atoms with Gasteiger partial charge in [-0.1, -0.05) is 24.3 Å². The number of anilines is 3. The van der Waals surface area contributed by atoms with Crippen molar-refractivity contribution in [3.63, 3.8) is 0 Å².